The lowest BCUT2D eigenvalue weighted by atomic mass is 10.00. The first kappa shape index (κ1) is 9.87. The van der Waals surface area contributed by atoms with Crippen LogP contribution in [0, 0.1) is 11.3 Å². The normalized spacial score (nSPS) is 26.6. The summed E-state index contributed by atoms with van der Waals surface area (Å²) in [7, 11) is 0. The third-order valence-electron chi connectivity index (χ3n) is 3.05. The number of aromatic nitrogens is 1. The summed E-state index contributed by atoms with van der Waals surface area (Å²) >= 11 is 0. The second kappa shape index (κ2) is 3.09. The van der Waals surface area contributed by atoms with E-state index in [4.69, 9.17) is 15.7 Å². The number of carbonyl (C=O) groups excluding carboxylic acids is 1. The van der Waals surface area contributed by atoms with Crippen LogP contribution in [0.15, 0.2) is 30.5 Å². The van der Waals surface area contributed by atoms with Gasteiger partial charge in [-0.2, -0.15) is 5.26 Å². The molecule has 5 heteroatoms. The van der Waals surface area contributed by atoms with E-state index in [1.807, 2.05) is 30.3 Å². The standard InChI is InChI=1S/C12H9N3O2/c13-6-12(11(14)16)10(17-12)8-5-15-9-4-2-1-3-7(8)9/h1-5,10,15H,(H2,14,16). The van der Waals surface area contributed by atoms with Crippen molar-refractivity contribution in [1.82, 2.24) is 4.98 Å². The summed E-state index contributed by atoms with van der Waals surface area (Å²) in [5, 5.41) is 9.92. The maximum absolute atomic E-state index is 11.2. The van der Waals surface area contributed by atoms with Crippen LogP contribution >= 0.6 is 0 Å². The van der Waals surface area contributed by atoms with Crippen molar-refractivity contribution >= 4 is 16.8 Å². The Hall–Kier alpha value is -2.32. The molecule has 84 valence electrons. The number of primary amides is 1. The Morgan fingerprint density at radius 1 is 1.53 bits per heavy atom. The van der Waals surface area contributed by atoms with Gasteiger partial charge in [0.25, 0.3) is 11.5 Å². The molecule has 0 radical (unpaired) electrons. The summed E-state index contributed by atoms with van der Waals surface area (Å²) < 4.78 is 5.21. The molecular formula is C12H9N3O2. The van der Waals surface area contributed by atoms with Crippen molar-refractivity contribution in [3.8, 4) is 6.07 Å². The summed E-state index contributed by atoms with van der Waals surface area (Å²) in [6, 6.07) is 9.46. The number of nitrogens with two attached hydrogens (primary N) is 1. The Kier molecular flexibility index (Phi) is 1.79. The number of nitriles is 1. The van der Waals surface area contributed by atoms with Crippen LogP contribution in [0.3, 0.4) is 0 Å². The van der Waals surface area contributed by atoms with Gasteiger partial charge < -0.3 is 15.5 Å². The minimum atomic E-state index is -1.50. The van der Waals surface area contributed by atoms with Gasteiger partial charge >= 0.3 is 0 Å². The number of nitrogens with zero attached hydrogens (tertiary/aromatic N) is 1. The molecule has 0 aliphatic carbocycles. The molecular weight excluding hydrogens is 218 g/mol. The predicted molar refractivity (Wildman–Crippen MR) is 59.7 cm³/mol. The van der Waals surface area contributed by atoms with Crippen LogP contribution in [0.5, 0.6) is 0 Å². The van der Waals surface area contributed by atoms with Gasteiger partial charge in [0.2, 0.25) is 0 Å². The zero-order valence-electron chi connectivity index (χ0n) is 8.81. The van der Waals surface area contributed by atoms with Gasteiger partial charge in [0, 0.05) is 22.7 Å². The van der Waals surface area contributed by atoms with Crippen molar-refractivity contribution in [3.63, 3.8) is 0 Å². The highest BCUT2D eigenvalue weighted by molar-refractivity contribution is 5.93. The van der Waals surface area contributed by atoms with Crippen molar-refractivity contribution in [1.29, 1.82) is 5.26 Å². The Bertz CT molecular complexity index is 655. The fraction of sp³-hybridized carbons (Fsp3) is 0.167. The molecule has 5 nitrogen and oxygen atoms in total. The van der Waals surface area contributed by atoms with E-state index in [-0.39, 0.29) is 0 Å². The van der Waals surface area contributed by atoms with E-state index in [9.17, 15) is 4.79 Å². The van der Waals surface area contributed by atoms with Gasteiger partial charge in [-0.25, -0.2) is 0 Å². The Morgan fingerprint density at radius 2 is 2.29 bits per heavy atom. The molecule has 17 heavy (non-hydrogen) atoms. The number of carbonyl (C=O) groups is 1. The van der Waals surface area contributed by atoms with Crippen LogP contribution < -0.4 is 5.73 Å². The molecule has 2 aromatic rings. The van der Waals surface area contributed by atoms with E-state index >= 15 is 0 Å². The minimum absolute atomic E-state index is 0.568. The molecule has 1 aromatic heterocycles. The van der Waals surface area contributed by atoms with Gasteiger partial charge in [0.15, 0.2) is 0 Å². The zero-order valence-corrected chi connectivity index (χ0v) is 8.81. The summed E-state index contributed by atoms with van der Waals surface area (Å²) in [5.74, 6) is -0.740. The first-order chi connectivity index (χ1) is 8.19. The molecule has 0 saturated carbocycles. The van der Waals surface area contributed by atoms with Crippen molar-refractivity contribution < 1.29 is 9.53 Å². The lowest BCUT2D eigenvalue weighted by Crippen LogP contribution is -2.31. The quantitative estimate of drug-likeness (QED) is 0.749. The van der Waals surface area contributed by atoms with Crippen LogP contribution in [-0.4, -0.2) is 16.5 Å². The molecule has 1 amide bonds. The molecule has 1 aliphatic heterocycles. The zero-order chi connectivity index (χ0) is 12.0. The number of amides is 1. The fourth-order valence-electron chi connectivity index (χ4n) is 2.07. The Morgan fingerprint density at radius 3 is 2.94 bits per heavy atom. The Balaban J connectivity index is 2.09. The highest BCUT2D eigenvalue weighted by Crippen LogP contribution is 2.50. The van der Waals surface area contributed by atoms with E-state index in [1.54, 1.807) is 6.20 Å². The predicted octanol–water partition coefficient (Wildman–Crippen LogP) is 0.987. The molecule has 2 unspecified atom stereocenters. The second-order valence-corrected chi connectivity index (χ2v) is 4.00. The lowest BCUT2D eigenvalue weighted by Gasteiger charge is -1.96. The van der Waals surface area contributed by atoms with Crippen molar-refractivity contribution in [2.24, 2.45) is 5.73 Å². The number of nitrogens with one attached hydrogen (secondary N) is 1. The molecule has 3 rings (SSSR count). The monoisotopic (exact) mass is 227 g/mol. The van der Waals surface area contributed by atoms with E-state index in [0.29, 0.717) is 0 Å². The molecule has 2 heterocycles. The first-order valence-electron chi connectivity index (χ1n) is 5.14. The molecule has 2 atom stereocenters. The average molecular weight is 227 g/mol. The molecule has 1 fully saturated rings. The van der Waals surface area contributed by atoms with Gasteiger partial charge in [-0.3, -0.25) is 4.79 Å². The molecule has 1 aliphatic rings. The van der Waals surface area contributed by atoms with Crippen LogP contribution in [0.2, 0.25) is 0 Å². The van der Waals surface area contributed by atoms with Crippen molar-refractivity contribution in [2.45, 2.75) is 11.7 Å². The van der Waals surface area contributed by atoms with Gasteiger partial charge in [0.05, 0.1) is 0 Å². The molecule has 0 spiro atoms. The molecule has 1 saturated heterocycles. The van der Waals surface area contributed by atoms with E-state index in [1.165, 1.54) is 0 Å². The smallest absolute Gasteiger partial charge is 0.267 e. The number of benzene rings is 1. The maximum Gasteiger partial charge on any atom is 0.267 e. The van der Waals surface area contributed by atoms with E-state index in [2.05, 4.69) is 4.98 Å². The average Bonchev–Trinajstić information content (AvgIpc) is 2.94. The van der Waals surface area contributed by atoms with Crippen molar-refractivity contribution in [3.05, 3.63) is 36.0 Å². The number of ether oxygens (including phenoxy) is 1. The number of aromatic amines is 1. The molecule has 3 N–H and O–H groups in total. The number of hydrogen-bond donors (Lipinski definition) is 2. The summed E-state index contributed by atoms with van der Waals surface area (Å²) in [6.07, 6.45) is 1.18. The van der Waals surface area contributed by atoms with Crippen LogP contribution in [0.25, 0.3) is 10.9 Å². The maximum atomic E-state index is 11.2. The number of para-hydroxylation sites is 1. The lowest BCUT2D eigenvalue weighted by molar-refractivity contribution is -0.121. The third kappa shape index (κ3) is 1.19. The third-order valence-corrected chi connectivity index (χ3v) is 3.05. The van der Waals surface area contributed by atoms with Gasteiger partial charge in [-0.05, 0) is 6.07 Å². The first-order valence-corrected chi connectivity index (χ1v) is 5.14. The van der Waals surface area contributed by atoms with E-state index < -0.39 is 17.6 Å². The fourth-order valence-corrected chi connectivity index (χ4v) is 2.07. The summed E-state index contributed by atoms with van der Waals surface area (Å²) in [4.78, 5) is 14.3. The summed E-state index contributed by atoms with van der Waals surface area (Å²) in [5.41, 5.74) is 5.42. The number of epoxide rings is 1. The summed E-state index contributed by atoms with van der Waals surface area (Å²) in [6.45, 7) is 0. The van der Waals surface area contributed by atoms with E-state index in [0.717, 1.165) is 16.5 Å². The Labute approximate surface area is 96.8 Å². The molecule has 1 aromatic carbocycles. The van der Waals surface area contributed by atoms with Crippen LogP contribution in [0.1, 0.15) is 11.7 Å². The molecule has 0 bridgehead atoms. The SMILES string of the molecule is N#CC1(C(N)=O)OC1c1c[nH]c2ccccc12. The van der Waals surface area contributed by atoms with Crippen LogP contribution in [-0.2, 0) is 9.53 Å². The minimum Gasteiger partial charge on any atom is -0.366 e. The highest BCUT2D eigenvalue weighted by Gasteiger charge is 2.64. The highest BCUT2D eigenvalue weighted by atomic mass is 16.6. The largest absolute Gasteiger partial charge is 0.366 e. The van der Waals surface area contributed by atoms with Gasteiger partial charge in [-0.15, -0.1) is 0 Å². The van der Waals surface area contributed by atoms with Gasteiger partial charge in [-0.1, -0.05) is 18.2 Å². The van der Waals surface area contributed by atoms with Crippen LogP contribution in [0.4, 0.5) is 0 Å². The van der Waals surface area contributed by atoms with Crippen molar-refractivity contribution in [2.75, 3.05) is 0 Å². The number of H-pyrrole nitrogens is 1. The number of fused-ring (bicyclic) bond motifs is 1. The second-order valence-electron chi connectivity index (χ2n) is 4.00. The van der Waals surface area contributed by atoms with Gasteiger partial charge in [0.1, 0.15) is 12.2 Å². The number of hydrogen-bond acceptors (Lipinski definition) is 3. The number of rotatable bonds is 2. The topological polar surface area (TPSA) is 95.2 Å².